The summed E-state index contributed by atoms with van der Waals surface area (Å²) in [5.41, 5.74) is 4.66. The second kappa shape index (κ2) is 4.76. The first-order chi connectivity index (χ1) is 9.31. The van der Waals surface area contributed by atoms with E-state index < -0.39 is 0 Å². The van der Waals surface area contributed by atoms with E-state index in [-0.39, 0.29) is 0 Å². The fourth-order valence-corrected chi connectivity index (χ4v) is 2.29. The molecule has 0 atom stereocenters. The number of rotatable bonds is 3. The maximum absolute atomic E-state index is 5.43. The van der Waals surface area contributed by atoms with Crippen molar-refractivity contribution in [3.63, 3.8) is 0 Å². The predicted octanol–water partition coefficient (Wildman–Crippen LogP) is 3.80. The Balaban J connectivity index is 2.12. The van der Waals surface area contributed by atoms with Crippen LogP contribution in [0.2, 0.25) is 0 Å². The normalized spacial score (nSPS) is 10.8. The summed E-state index contributed by atoms with van der Waals surface area (Å²) in [4.78, 5) is 0. The maximum Gasteiger partial charge on any atom is 0.130 e. The van der Waals surface area contributed by atoms with Crippen molar-refractivity contribution in [1.29, 1.82) is 0 Å². The number of ether oxygens (including phenoxy) is 1. The third-order valence-corrected chi connectivity index (χ3v) is 3.44. The molecule has 0 radical (unpaired) electrons. The summed E-state index contributed by atoms with van der Waals surface area (Å²) in [6.07, 6.45) is 2.85. The monoisotopic (exact) mass is 252 g/mol. The van der Waals surface area contributed by atoms with Gasteiger partial charge in [0.15, 0.2) is 0 Å². The van der Waals surface area contributed by atoms with E-state index in [1.54, 1.807) is 13.3 Å². The van der Waals surface area contributed by atoms with E-state index in [1.165, 1.54) is 11.1 Å². The Morgan fingerprint density at radius 3 is 2.58 bits per heavy atom. The van der Waals surface area contributed by atoms with Gasteiger partial charge in [0.25, 0.3) is 0 Å². The van der Waals surface area contributed by atoms with Crippen molar-refractivity contribution in [3.05, 3.63) is 48.2 Å². The second-order valence-electron chi connectivity index (χ2n) is 4.56. The summed E-state index contributed by atoms with van der Waals surface area (Å²) >= 11 is 0. The molecular formula is C16H16N2O. The number of hydrogen-bond donors (Lipinski definition) is 1. The molecule has 0 saturated carbocycles. The van der Waals surface area contributed by atoms with Crippen molar-refractivity contribution < 1.29 is 4.74 Å². The fraction of sp³-hybridized carbons (Fsp3) is 0.188. The Hall–Kier alpha value is -2.29. The number of H-pyrrole nitrogens is 1. The lowest BCUT2D eigenvalue weighted by Gasteiger charge is -2.07. The van der Waals surface area contributed by atoms with Gasteiger partial charge in [0, 0.05) is 0 Å². The van der Waals surface area contributed by atoms with Gasteiger partial charge >= 0.3 is 0 Å². The van der Waals surface area contributed by atoms with Crippen LogP contribution in [0.4, 0.5) is 0 Å². The van der Waals surface area contributed by atoms with Gasteiger partial charge in [0.1, 0.15) is 5.75 Å². The molecule has 1 heterocycles. The maximum atomic E-state index is 5.43. The van der Waals surface area contributed by atoms with Gasteiger partial charge in [-0.3, -0.25) is 5.10 Å². The highest BCUT2D eigenvalue weighted by molar-refractivity contribution is 5.89. The molecule has 2 aromatic carbocycles. The van der Waals surface area contributed by atoms with E-state index in [9.17, 15) is 0 Å². The van der Waals surface area contributed by atoms with Crippen LogP contribution in [0, 0.1) is 0 Å². The molecule has 0 aliphatic carbocycles. The number of methoxy groups -OCH3 is 1. The van der Waals surface area contributed by atoms with E-state index >= 15 is 0 Å². The van der Waals surface area contributed by atoms with Crippen molar-refractivity contribution in [2.24, 2.45) is 0 Å². The summed E-state index contributed by atoms with van der Waals surface area (Å²) < 4.78 is 5.43. The van der Waals surface area contributed by atoms with Crippen LogP contribution in [0.5, 0.6) is 5.75 Å². The smallest absolute Gasteiger partial charge is 0.130 e. The molecule has 3 aromatic rings. The van der Waals surface area contributed by atoms with Crippen LogP contribution < -0.4 is 4.74 Å². The lowest BCUT2D eigenvalue weighted by Crippen LogP contribution is -1.87. The Kier molecular flexibility index (Phi) is 2.95. The number of nitrogens with one attached hydrogen (secondary N) is 1. The topological polar surface area (TPSA) is 37.9 Å². The van der Waals surface area contributed by atoms with Gasteiger partial charge in [0.05, 0.1) is 24.2 Å². The van der Waals surface area contributed by atoms with E-state index in [2.05, 4.69) is 53.5 Å². The zero-order valence-electron chi connectivity index (χ0n) is 11.1. The van der Waals surface area contributed by atoms with Gasteiger partial charge in [-0.15, -0.1) is 0 Å². The van der Waals surface area contributed by atoms with Crippen LogP contribution in [0.25, 0.3) is 22.0 Å². The number of hydrogen-bond acceptors (Lipinski definition) is 2. The minimum absolute atomic E-state index is 0.848. The molecule has 3 nitrogen and oxygen atoms in total. The van der Waals surface area contributed by atoms with E-state index in [0.717, 1.165) is 28.6 Å². The van der Waals surface area contributed by atoms with Crippen LogP contribution in [-0.2, 0) is 6.42 Å². The van der Waals surface area contributed by atoms with Crippen molar-refractivity contribution in [3.8, 4) is 16.9 Å². The van der Waals surface area contributed by atoms with E-state index in [1.807, 2.05) is 0 Å². The Morgan fingerprint density at radius 1 is 1.11 bits per heavy atom. The average molecular weight is 252 g/mol. The number of nitrogens with zero attached hydrogens (tertiary/aromatic N) is 1. The zero-order valence-corrected chi connectivity index (χ0v) is 11.1. The number of aromatic nitrogens is 2. The van der Waals surface area contributed by atoms with Crippen molar-refractivity contribution in [2.45, 2.75) is 13.3 Å². The number of benzene rings is 2. The zero-order chi connectivity index (χ0) is 13.2. The lowest BCUT2D eigenvalue weighted by molar-refractivity contribution is 0.420. The second-order valence-corrected chi connectivity index (χ2v) is 4.56. The van der Waals surface area contributed by atoms with Gasteiger partial charge < -0.3 is 4.74 Å². The highest BCUT2D eigenvalue weighted by atomic mass is 16.5. The largest absolute Gasteiger partial charge is 0.496 e. The van der Waals surface area contributed by atoms with Crippen LogP contribution in [0.3, 0.4) is 0 Å². The van der Waals surface area contributed by atoms with Crippen LogP contribution in [-0.4, -0.2) is 17.3 Å². The molecule has 3 rings (SSSR count). The van der Waals surface area contributed by atoms with Crippen LogP contribution in [0.1, 0.15) is 12.5 Å². The third kappa shape index (κ3) is 2.08. The van der Waals surface area contributed by atoms with Crippen LogP contribution in [0.15, 0.2) is 42.6 Å². The van der Waals surface area contributed by atoms with Crippen LogP contribution >= 0.6 is 0 Å². The molecule has 0 fully saturated rings. The van der Waals surface area contributed by atoms with Gasteiger partial charge in [-0.2, -0.15) is 5.10 Å². The summed E-state index contributed by atoms with van der Waals surface area (Å²) in [5.74, 6) is 0.848. The van der Waals surface area contributed by atoms with Gasteiger partial charge in [-0.1, -0.05) is 31.2 Å². The van der Waals surface area contributed by atoms with E-state index in [4.69, 9.17) is 4.74 Å². The summed E-state index contributed by atoms with van der Waals surface area (Å²) in [7, 11) is 1.69. The molecule has 0 aliphatic rings. The number of fused-ring (bicyclic) bond motifs is 1. The summed E-state index contributed by atoms with van der Waals surface area (Å²) in [5, 5.41) is 8.07. The first-order valence-corrected chi connectivity index (χ1v) is 6.42. The molecule has 0 unspecified atom stereocenters. The molecule has 0 spiro atoms. The molecule has 0 aliphatic heterocycles. The quantitative estimate of drug-likeness (QED) is 0.770. The predicted molar refractivity (Wildman–Crippen MR) is 77.5 cm³/mol. The Labute approximate surface area is 112 Å². The number of aryl methyl sites for hydroxylation is 1. The van der Waals surface area contributed by atoms with Gasteiger partial charge in [0.2, 0.25) is 0 Å². The molecule has 1 N–H and O–H groups in total. The lowest BCUT2D eigenvalue weighted by atomic mass is 10.0. The Bertz CT molecular complexity index is 698. The van der Waals surface area contributed by atoms with Crippen molar-refractivity contribution in [1.82, 2.24) is 10.2 Å². The highest BCUT2D eigenvalue weighted by Gasteiger charge is 2.07. The third-order valence-electron chi connectivity index (χ3n) is 3.44. The standard InChI is InChI=1S/C16H16N2O/c1-3-11-4-6-12(7-5-11)13-8-15-14(10-17-18-15)16(9-13)19-2/h4-10H,3H2,1-2H3,(H,17,18). The molecule has 3 heteroatoms. The molecule has 1 aromatic heterocycles. The molecule has 0 amide bonds. The Morgan fingerprint density at radius 2 is 1.89 bits per heavy atom. The average Bonchev–Trinajstić information content (AvgIpc) is 2.94. The minimum Gasteiger partial charge on any atom is -0.496 e. The van der Waals surface area contributed by atoms with Gasteiger partial charge in [-0.25, -0.2) is 0 Å². The number of aromatic amines is 1. The molecule has 19 heavy (non-hydrogen) atoms. The molecule has 0 saturated heterocycles. The van der Waals surface area contributed by atoms with Gasteiger partial charge in [-0.05, 0) is 35.2 Å². The highest BCUT2D eigenvalue weighted by Crippen LogP contribution is 2.31. The molecule has 0 bridgehead atoms. The van der Waals surface area contributed by atoms with Crippen molar-refractivity contribution >= 4 is 10.9 Å². The minimum atomic E-state index is 0.848. The summed E-state index contributed by atoms with van der Waals surface area (Å²) in [6, 6.07) is 12.8. The SMILES string of the molecule is CCc1ccc(-c2cc(OC)c3cn[nH]c3c2)cc1. The van der Waals surface area contributed by atoms with E-state index in [0.29, 0.717) is 0 Å². The molecule has 96 valence electrons. The fourth-order valence-electron chi connectivity index (χ4n) is 2.29. The first-order valence-electron chi connectivity index (χ1n) is 6.42. The van der Waals surface area contributed by atoms with Crippen molar-refractivity contribution in [2.75, 3.05) is 7.11 Å². The molecular weight excluding hydrogens is 236 g/mol. The first kappa shape index (κ1) is 11.8. The summed E-state index contributed by atoms with van der Waals surface area (Å²) in [6.45, 7) is 2.16.